The number of hydroxylamine groups is 1. The number of aliphatic hydroxyl groups is 2. The number of hydrogen-bond donors (Lipinski definition) is 4. The Balaban J connectivity index is 1.34. The van der Waals surface area contributed by atoms with Gasteiger partial charge in [0.15, 0.2) is 6.10 Å². The van der Waals surface area contributed by atoms with Gasteiger partial charge in [-0.1, -0.05) is 34.6 Å². The fourth-order valence-corrected chi connectivity index (χ4v) is 12.6. The molecule has 6 fully saturated rings. The smallest absolute Gasteiger partial charge is 0.303 e. The molecule has 0 aromatic rings. The molecule has 1 aliphatic heterocycles. The molecule has 0 radical (unpaired) electrons. The molecule has 0 aromatic heterocycles. The molecule has 0 aromatic carbocycles. The van der Waals surface area contributed by atoms with Gasteiger partial charge in [0.1, 0.15) is 0 Å². The van der Waals surface area contributed by atoms with Gasteiger partial charge in [-0.2, -0.15) is 0 Å². The number of rotatable bonds is 4. The number of carbonyl (C=O) groups excluding carboxylic acids is 1. The van der Waals surface area contributed by atoms with Crippen molar-refractivity contribution in [3.63, 3.8) is 0 Å². The van der Waals surface area contributed by atoms with Gasteiger partial charge in [-0.25, -0.2) is 5.48 Å². The molecular formula is C32H53NO6. The summed E-state index contributed by atoms with van der Waals surface area (Å²) in [5.41, 5.74) is 1.74. The van der Waals surface area contributed by atoms with Gasteiger partial charge < -0.3 is 24.9 Å². The van der Waals surface area contributed by atoms with Gasteiger partial charge in [0.2, 0.25) is 0 Å². The largest absolute Gasteiger partial charge is 0.457 e. The minimum absolute atomic E-state index is 0.0407. The van der Waals surface area contributed by atoms with Crippen molar-refractivity contribution in [3.8, 4) is 0 Å². The molecule has 1 saturated heterocycles. The van der Waals surface area contributed by atoms with Crippen LogP contribution in [-0.2, 0) is 14.3 Å². The van der Waals surface area contributed by atoms with Crippen molar-refractivity contribution >= 4 is 5.97 Å². The van der Waals surface area contributed by atoms with E-state index in [1.54, 1.807) is 13.8 Å². The van der Waals surface area contributed by atoms with Crippen LogP contribution in [0.1, 0.15) is 107 Å². The number of aliphatic hydroxyl groups excluding tert-OH is 1. The van der Waals surface area contributed by atoms with Crippen LogP contribution >= 0.6 is 0 Å². The van der Waals surface area contributed by atoms with E-state index in [1.807, 2.05) is 0 Å². The van der Waals surface area contributed by atoms with Crippen LogP contribution in [0.5, 0.6) is 0 Å². The molecule has 3 unspecified atom stereocenters. The molecule has 2 spiro atoms. The van der Waals surface area contributed by atoms with Gasteiger partial charge in [-0.05, 0) is 111 Å². The normalized spacial score (nSPS) is 54.3. The van der Waals surface area contributed by atoms with Crippen LogP contribution in [-0.4, -0.2) is 57.4 Å². The van der Waals surface area contributed by atoms with Crippen LogP contribution < -0.4 is 5.48 Å². The predicted octanol–water partition coefficient (Wildman–Crippen LogP) is 4.85. The Morgan fingerprint density at radius 2 is 1.69 bits per heavy atom. The summed E-state index contributed by atoms with van der Waals surface area (Å²) < 4.78 is 12.4. The summed E-state index contributed by atoms with van der Waals surface area (Å²) in [4.78, 5) is 12.0. The summed E-state index contributed by atoms with van der Waals surface area (Å²) in [6.07, 6.45) is 6.56. The molecule has 1 heterocycles. The average molecular weight is 548 g/mol. The highest BCUT2D eigenvalue weighted by atomic mass is 16.6. The van der Waals surface area contributed by atoms with Crippen molar-refractivity contribution in [2.45, 2.75) is 143 Å². The van der Waals surface area contributed by atoms with E-state index in [0.29, 0.717) is 23.7 Å². The lowest BCUT2D eigenvalue weighted by Gasteiger charge is -2.63. The highest BCUT2D eigenvalue weighted by Crippen LogP contribution is 2.89. The van der Waals surface area contributed by atoms with Crippen LogP contribution in [0, 0.1) is 50.7 Å². The molecule has 5 aliphatic carbocycles. The Kier molecular flexibility index (Phi) is 6.14. The van der Waals surface area contributed by atoms with Gasteiger partial charge in [0.25, 0.3) is 0 Å². The zero-order valence-corrected chi connectivity index (χ0v) is 25.4. The Bertz CT molecular complexity index is 1020. The average Bonchev–Trinajstić information content (AvgIpc) is 3.46. The maximum atomic E-state index is 12.4. The second-order valence-electron chi connectivity index (χ2n) is 16.4. The summed E-state index contributed by atoms with van der Waals surface area (Å²) in [7, 11) is 0. The van der Waals surface area contributed by atoms with Crippen molar-refractivity contribution in [1.29, 1.82) is 0 Å². The Morgan fingerprint density at radius 1 is 1.05 bits per heavy atom. The minimum atomic E-state index is -1.25. The molecule has 0 bridgehead atoms. The monoisotopic (exact) mass is 547 g/mol. The fourth-order valence-electron chi connectivity index (χ4n) is 12.6. The van der Waals surface area contributed by atoms with E-state index in [0.717, 1.165) is 32.1 Å². The Hall–Kier alpha value is -0.730. The van der Waals surface area contributed by atoms with Crippen LogP contribution in [0.4, 0.5) is 0 Å². The SMILES string of the molecule is CC(=O)O[C@@H]([C@H]1CC(C)C2C(O1)[C@H](O)[C@@]1(C)[C@@H]3CC[C@H]4C(C)(C)[C@H](NO)CC[C@@]45C[C@@]35CC[C@]21C)C(C)(C)O. The van der Waals surface area contributed by atoms with E-state index in [4.69, 9.17) is 9.47 Å². The quantitative estimate of drug-likeness (QED) is 0.294. The van der Waals surface area contributed by atoms with E-state index < -0.39 is 29.9 Å². The molecule has 13 atom stereocenters. The van der Waals surface area contributed by atoms with Gasteiger partial charge in [-0.15, -0.1) is 0 Å². The number of ether oxygens (including phenoxy) is 2. The lowest BCUT2D eigenvalue weighted by atomic mass is 9.41. The molecule has 0 amide bonds. The highest BCUT2D eigenvalue weighted by molar-refractivity contribution is 5.66. The van der Waals surface area contributed by atoms with E-state index in [1.165, 1.54) is 19.8 Å². The second-order valence-corrected chi connectivity index (χ2v) is 16.4. The zero-order valence-electron chi connectivity index (χ0n) is 25.4. The van der Waals surface area contributed by atoms with Crippen LogP contribution in [0.3, 0.4) is 0 Å². The molecule has 6 aliphatic rings. The summed E-state index contributed by atoms with van der Waals surface area (Å²) in [6, 6.07) is 0.138. The molecule has 5 saturated carbocycles. The molecule has 7 heteroatoms. The van der Waals surface area contributed by atoms with Crippen molar-refractivity contribution < 1.29 is 29.7 Å². The first-order valence-corrected chi connectivity index (χ1v) is 15.6. The fraction of sp³-hybridized carbons (Fsp3) is 0.969. The summed E-state index contributed by atoms with van der Waals surface area (Å²) in [6.45, 7) is 16.5. The van der Waals surface area contributed by atoms with Crippen molar-refractivity contribution in [2.24, 2.45) is 50.7 Å². The number of hydrogen-bond acceptors (Lipinski definition) is 7. The molecule has 222 valence electrons. The topological polar surface area (TPSA) is 108 Å². The van der Waals surface area contributed by atoms with Crippen molar-refractivity contribution in [3.05, 3.63) is 0 Å². The van der Waals surface area contributed by atoms with Crippen molar-refractivity contribution in [1.82, 2.24) is 5.48 Å². The Labute approximate surface area is 234 Å². The molecular weight excluding hydrogens is 494 g/mol. The van der Waals surface area contributed by atoms with E-state index in [9.17, 15) is 20.2 Å². The summed E-state index contributed by atoms with van der Waals surface area (Å²) in [5.74, 6) is 1.11. The molecule has 4 N–H and O–H groups in total. The first-order valence-electron chi connectivity index (χ1n) is 15.6. The lowest BCUT2D eigenvalue weighted by molar-refractivity contribution is -0.216. The zero-order chi connectivity index (χ0) is 28.6. The maximum absolute atomic E-state index is 12.4. The summed E-state index contributed by atoms with van der Waals surface area (Å²) >= 11 is 0. The minimum Gasteiger partial charge on any atom is -0.457 e. The van der Waals surface area contributed by atoms with Gasteiger partial charge in [-0.3, -0.25) is 4.79 Å². The molecule has 6 rings (SSSR count). The van der Waals surface area contributed by atoms with Crippen molar-refractivity contribution in [2.75, 3.05) is 0 Å². The Morgan fingerprint density at radius 3 is 2.31 bits per heavy atom. The number of esters is 1. The molecule has 7 nitrogen and oxygen atoms in total. The standard InChI is InChI=1S/C32H53NO6/c1-17-15-19(26(28(5,6)36)38-18(2)34)39-24-23(17)29(7)13-14-32-16-31(32)12-11-22(33-37)27(3,4)20(31)9-10-21(32)30(29,8)25(24)35/h17,19-26,33,35-37H,9-16H2,1-8H3/t17?,19-,20+,21+,22-,23?,24?,25+,26+,29-,30-,31-,32+/m1/s1. The third-order valence-electron chi connectivity index (χ3n) is 14.3. The number of carbonyl (C=O) groups is 1. The van der Waals surface area contributed by atoms with Crippen LogP contribution in [0.25, 0.3) is 0 Å². The maximum Gasteiger partial charge on any atom is 0.303 e. The third-order valence-corrected chi connectivity index (χ3v) is 14.3. The third kappa shape index (κ3) is 3.37. The summed E-state index contributed by atoms with van der Waals surface area (Å²) in [5, 5.41) is 33.2. The lowest BCUT2D eigenvalue weighted by Crippen LogP contribution is -2.60. The van der Waals surface area contributed by atoms with Gasteiger partial charge >= 0.3 is 5.97 Å². The van der Waals surface area contributed by atoms with Crippen LogP contribution in [0.2, 0.25) is 0 Å². The first-order chi connectivity index (χ1) is 18.0. The van der Waals surface area contributed by atoms with Gasteiger partial charge in [0, 0.05) is 18.4 Å². The van der Waals surface area contributed by atoms with Crippen LogP contribution in [0.15, 0.2) is 0 Å². The van der Waals surface area contributed by atoms with E-state index >= 15 is 0 Å². The molecule has 39 heavy (non-hydrogen) atoms. The predicted molar refractivity (Wildman–Crippen MR) is 147 cm³/mol. The number of nitrogens with one attached hydrogen (secondary N) is 1. The van der Waals surface area contributed by atoms with E-state index in [2.05, 4.69) is 40.1 Å². The highest BCUT2D eigenvalue weighted by Gasteiger charge is 2.84. The van der Waals surface area contributed by atoms with E-state index in [-0.39, 0.29) is 45.6 Å². The van der Waals surface area contributed by atoms with Gasteiger partial charge in [0.05, 0.1) is 23.9 Å². The number of fused-ring (bicyclic) bond motifs is 4. The second kappa shape index (κ2) is 8.43. The first kappa shape index (κ1) is 28.4.